The first-order valence-corrected chi connectivity index (χ1v) is 4.37. The van der Waals surface area contributed by atoms with E-state index in [0.717, 1.165) is 11.4 Å². The van der Waals surface area contributed by atoms with Crippen molar-refractivity contribution in [2.24, 2.45) is 5.73 Å². The molecule has 1 amide bonds. The van der Waals surface area contributed by atoms with Gasteiger partial charge in [0, 0.05) is 11.4 Å². The number of carbonyl (C=O) groups excluding carboxylic acids is 1. The standard InChI is InChI=1S/C9H14N4O/c1-5-4-6(2)12-9(11-5)13-7(3)8(10)14/h4,7H,1-3H3,(H2,10,14)(H,11,12,13). The molecule has 1 heterocycles. The van der Waals surface area contributed by atoms with Crippen LogP contribution in [0.5, 0.6) is 0 Å². The topological polar surface area (TPSA) is 80.9 Å². The Bertz CT molecular complexity index is 330. The van der Waals surface area contributed by atoms with Gasteiger partial charge < -0.3 is 11.1 Å². The number of nitrogens with one attached hydrogen (secondary N) is 1. The molecule has 1 unspecified atom stereocenters. The molecule has 0 bridgehead atoms. The Labute approximate surface area is 82.7 Å². The van der Waals surface area contributed by atoms with Crippen molar-refractivity contribution in [2.75, 3.05) is 5.32 Å². The zero-order valence-corrected chi connectivity index (χ0v) is 8.53. The van der Waals surface area contributed by atoms with Crippen LogP contribution >= 0.6 is 0 Å². The minimum absolute atomic E-state index is 0.423. The molecule has 0 aromatic carbocycles. The van der Waals surface area contributed by atoms with Crippen molar-refractivity contribution < 1.29 is 4.79 Å². The smallest absolute Gasteiger partial charge is 0.239 e. The number of anilines is 1. The highest BCUT2D eigenvalue weighted by Gasteiger charge is 2.09. The van der Waals surface area contributed by atoms with Gasteiger partial charge >= 0.3 is 0 Å². The van der Waals surface area contributed by atoms with E-state index in [-0.39, 0.29) is 0 Å². The average Bonchev–Trinajstić information content (AvgIpc) is 2.01. The van der Waals surface area contributed by atoms with Gasteiger partial charge in [-0.2, -0.15) is 0 Å². The van der Waals surface area contributed by atoms with Crippen LogP contribution in [0.25, 0.3) is 0 Å². The Morgan fingerprint density at radius 3 is 2.36 bits per heavy atom. The highest BCUT2D eigenvalue weighted by molar-refractivity contribution is 5.81. The van der Waals surface area contributed by atoms with Gasteiger partial charge in [0.1, 0.15) is 6.04 Å². The van der Waals surface area contributed by atoms with Gasteiger partial charge in [-0.15, -0.1) is 0 Å². The molecule has 0 aliphatic rings. The van der Waals surface area contributed by atoms with E-state index in [0.29, 0.717) is 5.95 Å². The normalized spacial score (nSPS) is 12.2. The molecule has 0 fully saturated rings. The Morgan fingerprint density at radius 1 is 1.43 bits per heavy atom. The lowest BCUT2D eigenvalue weighted by Crippen LogP contribution is -2.33. The van der Waals surface area contributed by atoms with Crippen molar-refractivity contribution in [1.82, 2.24) is 9.97 Å². The largest absolute Gasteiger partial charge is 0.368 e. The summed E-state index contributed by atoms with van der Waals surface area (Å²) in [5.74, 6) is 0.0153. The summed E-state index contributed by atoms with van der Waals surface area (Å²) < 4.78 is 0. The van der Waals surface area contributed by atoms with Gasteiger partial charge in [-0.25, -0.2) is 9.97 Å². The first-order valence-electron chi connectivity index (χ1n) is 4.37. The third-order valence-corrected chi connectivity index (χ3v) is 1.75. The third-order valence-electron chi connectivity index (χ3n) is 1.75. The zero-order chi connectivity index (χ0) is 10.7. The predicted molar refractivity (Wildman–Crippen MR) is 53.8 cm³/mol. The van der Waals surface area contributed by atoms with Crippen molar-refractivity contribution in [1.29, 1.82) is 0 Å². The summed E-state index contributed by atoms with van der Waals surface area (Å²) in [6, 6.07) is 1.40. The number of carbonyl (C=O) groups is 1. The first-order chi connectivity index (χ1) is 6.49. The number of amides is 1. The summed E-state index contributed by atoms with van der Waals surface area (Å²) in [7, 11) is 0. The Balaban J connectivity index is 2.81. The van der Waals surface area contributed by atoms with Crippen LogP contribution in [0.2, 0.25) is 0 Å². The second-order valence-electron chi connectivity index (χ2n) is 3.24. The number of nitrogens with two attached hydrogens (primary N) is 1. The molecule has 0 spiro atoms. The van der Waals surface area contributed by atoms with Gasteiger partial charge in [-0.1, -0.05) is 0 Å². The van der Waals surface area contributed by atoms with Crippen LogP contribution in [0.3, 0.4) is 0 Å². The zero-order valence-electron chi connectivity index (χ0n) is 8.53. The van der Waals surface area contributed by atoms with Gasteiger partial charge in [0.25, 0.3) is 0 Å². The Hall–Kier alpha value is -1.65. The molecule has 3 N–H and O–H groups in total. The molecule has 0 saturated heterocycles. The van der Waals surface area contributed by atoms with Crippen LogP contribution in [-0.2, 0) is 4.79 Å². The van der Waals surface area contributed by atoms with Gasteiger partial charge in [0.2, 0.25) is 11.9 Å². The van der Waals surface area contributed by atoms with E-state index >= 15 is 0 Å². The molecule has 1 rings (SSSR count). The van der Waals surface area contributed by atoms with Gasteiger partial charge in [-0.05, 0) is 26.8 Å². The number of aryl methyl sites for hydroxylation is 2. The summed E-state index contributed by atoms with van der Waals surface area (Å²) in [5.41, 5.74) is 6.82. The van der Waals surface area contributed by atoms with Gasteiger partial charge in [0.15, 0.2) is 0 Å². The SMILES string of the molecule is Cc1cc(C)nc(NC(C)C(N)=O)n1. The number of aromatic nitrogens is 2. The predicted octanol–water partition coefficient (Wildman–Crippen LogP) is 0.379. The number of rotatable bonds is 3. The number of primary amides is 1. The fraction of sp³-hybridized carbons (Fsp3) is 0.444. The third kappa shape index (κ3) is 2.69. The van der Waals surface area contributed by atoms with Crippen molar-refractivity contribution in [3.8, 4) is 0 Å². The van der Waals surface area contributed by atoms with Gasteiger partial charge in [0.05, 0.1) is 0 Å². The highest BCUT2D eigenvalue weighted by atomic mass is 16.1. The van der Waals surface area contributed by atoms with E-state index < -0.39 is 11.9 Å². The molecule has 0 saturated carbocycles. The van der Waals surface area contributed by atoms with E-state index in [2.05, 4.69) is 15.3 Å². The molecular formula is C9H14N4O. The molecule has 0 radical (unpaired) electrons. The van der Waals surface area contributed by atoms with E-state index in [1.54, 1.807) is 6.92 Å². The van der Waals surface area contributed by atoms with Crippen molar-refractivity contribution >= 4 is 11.9 Å². The molecular weight excluding hydrogens is 180 g/mol. The van der Waals surface area contributed by atoms with E-state index in [4.69, 9.17) is 5.73 Å². The van der Waals surface area contributed by atoms with Crippen LogP contribution in [0.15, 0.2) is 6.07 Å². The summed E-state index contributed by atoms with van der Waals surface area (Å²) in [6.07, 6.45) is 0. The Morgan fingerprint density at radius 2 is 1.93 bits per heavy atom. The summed E-state index contributed by atoms with van der Waals surface area (Å²) in [6.45, 7) is 5.41. The van der Waals surface area contributed by atoms with Crippen molar-refractivity contribution in [3.05, 3.63) is 17.5 Å². The molecule has 1 aromatic heterocycles. The second kappa shape index (κ2) is 4.04. The van der Waals surface area contributed by atoms with E-state index in [1.165, 1.54) is 0 Å². The fourth-order valence-electron chi connectivity index (χ4n) is 1.06. The lowest BCUT2D eigenvalue weighted by atomic mass is 10.3. The summed E-state index contributed by atoms with van der Waals surface area (Å²) in [5, 5.41) is 2.83. The summed E-state index contributed by atoms with van der Waals surface area (Å²) >= 11 is 0. The number of hydrogen-bond donors (Lipinski definition) is 2. The van der Waals surface area contributed by atoms with Crippen LogP contribution in [0.4, 0.5) is 5.95 Å². The molecule has 5 nitrogen and oxygen atoms in total. The first kappa shape index (κ1) is 10.4. The average molecular weight is 194 g/mol. The van der Waals surface area contributed by atoms with Crippen LogP contribution in [0, 0.1) is 13.8 Å². The second-order valence-corrected chi connectivity index (χ2v) is 3.24. The number of hydrogen-bond acceptors (Lipinski definition) is 4. The maximum absolute atomic E-state index is 10.8. The maximum atomic E-state index is 10.8. The lowest BCUT2D eigenvalue weighted by molar-refractivity contribution is -0.118. The minimum atomic E-state index is -0.462. The van der Waals surface area contributed by atoms with Crippen molar-refractivity contribution in [3.63, 3.8) is 0 Å². The van der Waals surface area contributed by atoms with Crippen molar-refractivity contribution in [2.45, 2.75) is 26.8 Å². The van der Waals surface area contributed by atoms with Crippen LogP contribution in [0.1, 0.15) is 18.3 Å². The quantitative estimate of drug-likeness (QED) is 0.728. The molecule has 1 atom stereocenters. The lowest BCUT2D eigenvalue weighted by Gasteiger charge is -2.10. The van der Waals surface area contributed by atoms with Gasteiger partial charge in [-0.3, -0.25) is 4.79 Å². The monoisotopic (exact) mass is 194 g/mol. The maximum Gasteiger partial charge on any atom is 0.239 e. The number of nitrogens with zero attached hydrogens (tertiary/aromatic N) is 2. The minimum Gasteiger partial charge on any atom is -0.368 e. The molecule has 0 aliphatic carbocycles. The Kier molecular flexibility index (Phi) is 3.01. The molecule has 1 aromatic rings. The molecule has 14 heavy (non-hydrogen) atoms. The van der Waals surface area contributed by atoms with E-state index in [1.807, 2.05) is 19.9 Å². The molecule has 76 valence electrons. The van der Waals surface area contributed by atoms with Crippen LogP contribution < -0.4 is 11.1 Å². The van der Waals surface area contributed by atoms with E-state index in [9.17, 15) is 4.79 Å². The highest BCUT2D eigenvalue weighted by Crippen LogP contribution is 2.04. The summed E-state index contributed by atoms with van der Waals surface area (Å²) in [4.78, 5) is 19.0. The molecule has 5 heteroatoms. The van der Waals surface area contributed by atoms with Crippen LogP contribution in [-0.4, -0.2) is 21.9 Å². The molecule has 0 aliphatic heterocycles. The fourth-order valence-corrected chi connectivity index (χ4v) is 1.06.